The molecule has 0 N–H and O–H groups in total. The molecular formula is C14H21NO2. The minimum Gasteiger partial charge on any atom is -0.377 e. The first-order valence-corrected chi connectivity index (χ1v) is 6.50. The largest absolute Gasteiger partial charge is 0.377 e. The molecule has 2 fully saturated rings. The Labute approximate surface area is 103 Å². The molecule has 17 heavy (non-hydrogen) atoms. The fourth-order valence-corrected chi connectivity index (χ4v) is 3.76. The van der Waals surface area contributed by atoms with Crippen LogP contribution < -0.4 is 0 Å². The van der Waals surface area contributed by atoms with Gasteiger partial charge in [-0.15, -0.1) is 0 Å². The topological polar surface area (TPSA) is 30.7 Å². The molecule has 2 aliphatic rings. The lowest BCUT2D eigenvalue weighted by atomic mass is 9.55. The second-order valence-corrected chi connectivity index (χ2v) is 6.01. The van der Waals surface area contributed by atoms with Crippen molar-refractivity contribution in [2.24, 2.45) is 10.8 Å². The Balaban J connectivity index is 2.42. The monoisotopic (exact) mass is 235 g/mol. The molecule has 1 saturated carbocycles. The van der Waals surface area contributed by atoms with Gasteiger partial charge in [-0.3, -0.25) is 4.79 Å². The standard InChI is InChI=1S/C14H21NO2/c1-5-14-7-6-8-17-12(14)13(2,3)11(16)10(9-14)15-4/h10,12H,5-9H2,1-3H3/t10?,12-,14-/m0/s1. The maximum absolute atomic E-state index is 12.3. The molecule has 3 heteroatoms. The van der Waals surface area contributed by atoms with E-state index in [9.17, 15) is 4.79 Å². The Kier molecular flexibility index (Phi) is 3.03. The average Bonchev–Trinajstić information content (AvgIpc) is 2.34. The van der Waals surface area contributed by atoms with Crippen LogP contribution in [-0.2, 0) is 9.53 Å². The van der Waals surface area contributed by atoms with E-state index in [1.54, 1.807) is 0 Å². The zero-order valence-electron chi connectivity index (χ0n) is 11.0. The number of nitrogens with zero attached hydrogens (tertiary/aromatic N) is 1. The van der Waals surface area contributed by atoms with E-state index >= 15 is 0 Å². The molecule has 1 unspecified atom stereocenters. The van der Waals surface area contributed by atoms with Crippen LogP contribution in [0.15, 0.2) is 0 Å². The molecule has 3 nitrogen and oxygen atoms in total. The molecule has 1 saturated heterocycles. The van der Waals surface area contributed by atoms with Crippen molar-refractivity contribution in [3.8, 4) is 0 Å². The second kappa shape index (κ2) is 4.10. The third-order valence-corrected chi connectivity index (χ3v) is 4.71. The molecule has 1 heterocycles. The molecule has 1 aliphatic carbocycles. The molecule has 1 aliphatic heterocycles. The van der Waals surface area contributed by atoms with Gasteiger partial charge >= 0.3 is 0 Å². The van der Waals surface area contributed by atoms with Crippen molar-refractivity contribution in [3.63, 3.8) is 0 Å². The molecule has 0 aromatic carbocycles. The minimum atomic E-state index is -0.510. The van der Waals surface area contributed by atoms with E-state index in [0.717, 1.165) is 25.9 Å². The number of fused-ring (bicyclic) bond motifs is 1. The number of hydrogen-bond donors (Lipinski definition) is 0. The van der Waals surface area contributed by atoms with Gasteiger partial charge in [0.05, 0.1) is 11.5 Å². The third kappa shape index (κ3) is 1.70. The van der Waals surface area contributed by atoms with Crippen LogP contribution in [0.4, 0.5) is 0 Å². The van der Waals surface area contributed by atoms with Crippen molar-refractivity contribution < 1.29 is 9.53 Å². The van der Waals surface area contributed by atoms with E-state index in [-0.39, 0.29) is 17.3 Å². The molecular weight excluding hydrogens is 214 g/mol. The predicted molar refractivity (Wildman–Crippen MR) is 65.5 cm³/mol. The van der Waals surface area contributed by atoms with Gasteiger partial charge in [0.1, 0.15) is 0 Å². The van der Waals surface area contributed by atoms with E-state index in [1.807, 2.05) is 13.8 Å². The van der Waals surface area contributed by atoms with Crippen LogP contribution >= 0.6 is 0 Å². The van der Waals surface area contributed by atoms with Crippen molar-refractivity contribution in [3.05, 3.63) is 11.4 Å². The smallest absolute Gasteiger partial charge is 0.282 e. The number of ketones is 1. The van der Waals surface area contributed by atoms with E-state index in [2.05, 4.69) is 11.8 Å². The summed E-state index contributed by atoms with van der Waals surface area (Å²) in [5.41, 5.74) is -0.464. The highest BCUT2D eigenvalue weighted by Crippen LogP contribution is 2.53. The molecule has 0 amide bonds. The van der Waals surface area contributed by atoms with Crippen LogP contribution in [0.1, 0.15) is 46.5 Å². The van der Waals surface area contributed by atoms with E-state index in [0.29, 0.717) is 6.42 Å². The first-order valence-electron chi connectivity index (χ1n) is 6.50. The average molecular weight is 235 g/mol. The Morgan fingerprint density at radius 3 is 2.82 bits per heavy atom. The van der Waals surface area contributed by atoms with E-state index < -0.39 is 11.5 Å². The quantitative estimate of drug-likeness (QED) is 0.654. The van der Waals surface area contributed by atoms with Crippen LogP contribution in [-0.4, -0.2) is 24.5 Å². The molecule has 0 aromatic heterocycles. The summed E-state index contributed by atoms with van der Waals surface area (Å²) in [7, 11) is 0. The number of carbonyl (C=O) groups is 1. The minimum absolute atomic E-state index is 0.000694. The Morgan fingerprint density at radius 2 is 2.24 bits per heavy atom. The summed E-state index contributed by atoms with van der Waals surface area (Å²) >= 11 is 0. The first kappa shape index (κ1) is 12.6. The summed E-state index contributed by atoms with van der Waals surface area (Å²) in [6, 6.07) is -0.456. The van der Waals surface area contributed by atoms with Crippen LogP contribution in [0.3, 0.4) is 0 Å². The second-order valence-electron chi connectivity index (χ2n) is 6.01. The van der Waals surface area contributed by atoms with Crippen molar-refractivity contribution >= 4 is 5.78 Å². The van der Waals surface area contributed by atoms with Crippen molar-refractivity contribution in [2.75, 3.05) is 6.61 Å². The van der Waals surface area contributed by atoms with Crippen LogP contribution in [0.2, 0.25) is 0 Å². The van der Waals surface area contributed by atoms with E-state index in [1.165, 1.54) is 0 Å². The van der Waals surface area contributed by atoms with Crippen LogP contribution in [0, 0.1) is 17.4 Å². The summed E-state index contributed by atoms with van der Waals surface area (Å²) < 4.78 is 5.93. The molecule has 2 rings (SSSR count). The zero-order chi connectivity index (χ0) is 12.7. The highest BCUT2D eigenvalue weighted by Gasteiger charge is 2.60. The van der Waals surface area contributed by atoms with E-state index in [4.69, 9.17) is 11.3 Å². The van der Waals surface area contributed by atoms with Gasteiger partial charge in [-0.25, -0.2) is 6.57 Å². The van der Waals surface area contributed by atoms with Crippen LogP contribution in [0.25, 0.3) is 4.85 Å². The fourth-order valence-electron chi connectivity index (χ4n) is 3.76. The van der Waals surface area contributed by atoms with Crippen molar-refractivity contribution in [1.29, 1.82) is 0 Å². The normalized spacial score (nSPS) is 40.5. The van der Waals surface area contributed by atoms with Gasteiger partial charge in [0.15, 0.2) is 0 Å². The van der Waals surface area contributed by atoms with Gasteiger partial charge in [0, 0.05) is 18.4 Å². The van der Waals surface area contributed by atoms with Gasteiger partial charge < -0.3 is 9.58 Å². The first-order chi connectivity index (χ1) is 7.98. The summed E-state index contributed by atoms with van der Waals surface area (Å²) in [6.45, 7) is 14.1. The van der Waals surface area contributed by atoms with Crippen molar-refractivity contribution in [1.82, 2.24) is 0 Å². The van der Waals surface area contributed by atoms with Gasteiger partial charge in [-0.05, 0) is 19.3 Å². The predicted octanol–water partition coefficient (Wildman–Crippen LogP) is 2.85. The molecule has 0 radical (unpaired) electrons. The number of rotatable bonds is 1. The molecule has 0 bridgehead atoms. The summed E-state index contributed by atoms with van der Waals surface area (Å²) in [6.07, 6.45) is 3.84. The number of hydrogen-bond acceptors (Lipinski definition) is 2. The molecule has 3 atom stereocenters. The lowest BCUT2D eigenvalue weighted by Gasteiger charge is -2.52. The maximum atomic E-state index is 12.3. The van der Waals surface area contributed by atoms with Gasteiger partial charge in [0.2, 0.25) is 5.78 Å². The van der Waals surface area contributed by atoms with Gasteiger partial charge in [-0.1, -0.05) is 20.8 Å². The Bertz CT molecular complexity index is 369. The fraction of sp³-hybridized carbons (Fsp3) is 0.857. The molecule has 94 valence electrons. The number of ether oxygens (including phenoxy) is 1. The lowest BCUT2D eigenvalue weighted by Crippen LogP contribution is -2.60. The maximum Gasteiger partial charge on any atom is 0.282 e. The van der Waals surface area contributed by atoms with Gasteiger partial charge in [-0.2, -0.15) is 0 Å². The zero-order valence-corrected chi connectivity index (χ0v) is 11.0. The lowest BCUT2D eigenvalue weighted by molar-refractivity contribution is -0.178. The molecule has 0 spiro atoms. The summed E-state index contributed by atoms with van der Waals surface area (Å²) in [5.74, 6) is 0.0727. The van der Waals surface area contributed by atoms with Crippen LogP contribution in [0.5, 0.6) is 0 Å². The van der Waals surface area contributed by atoms with Gasteiger partial charge in [0.25, 0.3) is 6.04 Å². The Morgan fingerprint density at radius 1 is 1.53 bits per heavy atom. The summed E-state index contributed by atoms with van der Waals surface area (Å²) in [4.78, 5) is 15.9. The number of carbonyl (C=O) groups excluding carboxylic acids is 1. The van der Waals surface area contributed by atoms with Crippen molar-refractivity contribution in [2.45, 2.75) is 58.6 Å². The third-order valence-electron chi connectivity index (χ3n) is 4.71. The summed E-state index contributed by atoms with van der Waals surface area (Å²) in [5, 5.41) is 0. The molecule has 0 aromatic rings. The number of Topliss-reactive ketones (excluding diaryl/α,β-unsaturated/α-hetero) is 1. The Hall–Kier alpha value is -0.880. The highest BCUT2D eigenvalue weighted by atomic mass is 16.5. The highest BCUT2D eigenvalue weighted by molar-refractivity contribution is 5.92. The SMILES string of the molecule is [C-]#[N+]C1C[C@]2(CC)CCCO[C@H]2C(C)(C)C1=O.